The number of benzene rings is 12. The molecule has 0 saturated carbocycles. The molecule has 0 saturated heterocycles. The predicted octanol–water partition coefficient (Wildman–Crippen LogP) is 16.7. The predicted molar refractivity (Wildman–Crippen MR) is 262 cm³/mol. The summed E-state index contributed by atoms with van der Waals surface area (Å²) in [7, 11) is 0. The van der Waals surface area contributed by atoms with Crippen molar-refractivity contribution in [1.29, 1.82) is 0 Å². The summed E-state index contributed by atoms with van der Waals surface area (Å²) >= 11 is 0. The maximum Gasteiger partial charge on any atom is 0.0619 e. The van der Waals surface area contributed by atoms with E-state index < -0.39 is 0 Å². The van der Waals surface area contributed by atoms with Crippen LogP contribution in [-0.4, -0.2) is 4.57 Å². The van der Waals surface area contributed by atoms with Gasteiger partial charge < -0.3 is 4.57 Å². The Balaban J connectivity index is 1.22. The summed E-state index contributed by atoms with van der Waals surface area (Å²) in [6, 6.07) is 83.2. The lowest BCUT2D eigenvalue weighted by atomic mass is 9.82. The topological polar surface area (TPSA) is 4.93 Å². The third-order valence-corrected chi connectivity index (χ3v) is 13.1. The number of hydrogen-bond donors (Lipinski definition) is 0. The molecule has 61 heavy (non-hydrogen) atoms. The van der Waals surface area contributed by atoms with Crippen LogP contribution in [0.4, 0.5) is 0 Å². The van der Waals surface area contributed by atoms with E-state index in [1.807, 2.05) is 0 Å². The number of fused-ring (bicyclic) bond motifs is 10. The Morgan fingerprint density at radius 1 is 0.230 bits per heavy atom. The summed E-state index contributed by atoms with van der Waals surface area (Å²) in [6.45, 7) is 0. The molecule has 0 fully saturated rings. The fraction of sp³-hybridized carbons (Fsp3) is 0. The summed E-state index contributed by atoms with van der Waals surface area (Å²) in [5.41, 5.74) is 11.1. The van der Waals surface area contributed by atoms with Crippen molar-refractivity contribution in [2.24, 2.45) is 0 Å². The van der Waals surface area contributed by atoms with E-state index in [1.165, 1.54) is 126 Å². The lowest BCUT2D eigenvalue weighted by Crippen LogP contribution is -2.00. The van der Waals surface area contributed by atoms with Gasteiger partial charge in [-0.2, -0.15) is 0 Å². The zero-order valence-electron chi connectivity index (χ0n) is 33.3. The summed E-state index contributed by atoms with van der Waals surface area (Å²) in [6.07, 6.45) is 0. The van der Waals surface area contributed by atoms with E-state index in [2.05, 4.69) is 229 Å². The van der Waals surface area contributed by atoms with Crippen LogP contribution in [0.1, 0.15) is 0 Å². The SMILES string of the molecule is c1ccc(-c2ccc3c(-c4c5ccccc5c(-n5c6cc7ccccc7cc6c6ccc7ccccc7c65)c5ccccc45)c4ccccc4c(-c4ccccc4)c3c2)cc1. The van der Waals surface area contributed by atoms with E-state index in [0.717, 1.165) is 0 Å². The van der Waals surface area contributed by atoms with Crippen molar-refractivity contribution in [3.05, 3.63) is 224 Å². The number of rotatable bonds is 4. The summed E-state index contributed by atoms with van der Waals surface area (Å²) in [5, 5.41) is 17.4. The Labute approximate surface area is 353 Å². The fourth-order valence-corrected chi connectivity index (χ4v) is 10.5. The maximum absolute atomic E-state index is 2.59. The van der Waals surface area contributed by atoms with Crippen LogP contribution in [0.15, 0.2) is 224 Å². The summed E-state index contributed by atoms with van der Waals surface area (Å²) in [5.74, 6) is 0. The standard InChI is InChI=1S/C60H37N/c1-3-17-38(18-4-1)43-32-33-49-54(36-43)56(40-20-5-2-6-21-40)45-25-11-12-26-46(45)57(49)58-47-27-13-15-29-50(47)60(51-30-16-14-28-48(51)58)61-55-37-42-23-8-7-22-41(42)35-53(55)52-34-31-39-19-9-10-24-44(39)59(52)61/h1-37H. The van der Waals surface area contributed by atoms with Gasteiger partial charge in [0.2, 0.25) is 0 Å². The first-order valence-corrected chi connectivity index (χ1v) is 21.2. The molecule has 13 aromatic rings. The number of hydrogen-bond acceptors (Lipinski definition) is 0. The van der Waals surface area contributed by atoms with Crippen LogP contribution in [0.25, 0.3) is 126 Å². The van der Waals surface area contributed by atoms with E-state index in [9.17, 15) is 0 Å². The van der Waals surface area contributed by atoms with Gasteiger partial charge in [-0.3, -0.25) is 0 Å². The van der Waals surface area contributed by atoms with Gasteiger partial charge in [0, 0.05) is 26.9 Å². The smallest absolute Gasteiger partial charge is 0.0619 e. The van der Waals surface area contributed by atoms with Crippen molar-refractivity contribution in [3.8, 4) is 39.1 Å². The largest absolute Gasteiger partial charge is 0.307 e. The van der Waals surface area contributed by atoms with Crippen molar-refractivity contribution in [3.63, 3.8) is 0 Å². The molecule has 0 radical (unpaired) electrons. The van der Waals surface area contributed by atoms with E-state index in [0.29, 0.717) is 0 Å². The van der Waals surface area contributed by atoms with Gasteiger partial charge in [0.15, 0.2) is 0 Å². The fourth-order valence-electron chi connectivity index (χ4n) is 10.5. The Morgan fingerprint density at radius 3 is 1.33 bits per heavy atom. The highest BCUT2D eigenvalue weighted by Crippen LogP contribution is 2.51. The molecule has 0 aliphatic carbocycles. The quantitative estimate of drug-likeness (QED) is 0.157. The van der Waals surface area contributed by atoms with Crippen LogP contribution >= 0.6 is 0 Å². The Bertz CT molecular complexity index is 3850. The van der Waals surface area contributed by atoms with Gasteiger partial charge in [-0.1, -0.05) is 206 Å². The lowest BCUT2D eigenvalue weighted by molar-refractivity contribution is 1.22. The molecule has 282 valence electrons. The Kier molecular flexibility index (Phi) is 7.37. The van der Waals surface area contributed by atoms with Gasteiger partial charge >= 0.3 is 0 Å². The molecule has 0 aliphatic rings. The van der Waals surface area contributed by atoms with Crippen molar-refractivity contribution in [2.75, 3.05) is 0 Å². The maximum atomic E-state index is 2.59. The van der Waals surface area contributed by atoms with Gasteiger partial charge in [0.05, 0.1) is 16.7 Å². The summed E-state index contributed by atoms with van der Waals surface area (Å²) < 4.78 is 2.59. The van der Waals surface area contributed by atoms with Crippen LogP contribution in [0.5, 0.6) is 0 Å². The van der Waals surface area contributed by atoms with E-state index >= 15 is 0 Å². The zero-order chi connectivity index (χ0) is 40.0. The number of nitrogens with zero attached hydrogens (tertiary/aromatic N) is 1. The average molecular weight is 772 g/mol. The molecule has 0 N–H and O–H groups in total. The van der Waals surface area contributed by atoms with Crippen LogP contribution in [0, 0.1) is 0 Å². The van der Waals surface area contributed by atoms with Crippen LogP contribution < -0.4 is 0 Å². The molecular weight excluding hydrogens is 735 g/mol. The first kappa shape index (κ1) is 33.9. The van der Waals surface area contributed by atoms with Crippen LogP contribution in [-0.2, 0) is 0 Å². The molecule has 13 rings (SSSR count). The molecule has 0 unspecified atom stereocenters. The first-order chi connectivity index (χ1) is 30.3. The second-order valence-electron chi connectivity index (χ2n) is 16.3. The van der Waals surface area contributed by atoms with Crippen molar-refractivity contribution in [1.82, 2.24) is 4.57 Å². The van der Waals surface area contributed by atoms with Crippen molar-refractivity contribution in [2.45, 2.75) is 0 Å². The number of aromatic nitrogens is 1. The highest BCUT2D eigenvalue weighted by atomic mass is 15.0. The van der Waals surface area contributed by atoms with Gasteiger partial charge in [-0.15, -0.1) is 0 Å². The van der Waals surface area contributed by atoms with E-state index in [-0.39, 0.29) is 0 Å². The third kappa shape index (κ3) is 5.02. The monoisotopic (exact) mass is 771 g/mol. The molecule has 12 aromatic carbocycles. The van der Waals surface area contributed by atoms with Gasteiger partial charge in [-0.25, -0.2) is 0 Å². The molecule has 1 heteroatoms. The second kappa shape index (κ2) is 13.3. The van der Waals surface area contributed by atoms with Crippen LogP contribution in [0.3, 0.4) is 0 Å². The first-order valence-electron chi connectivity index (χ1n) is 21.2. The molecule has 0 bridgehead atoms. The van der Waals surface area contributed by atoms with E-state index in [4.69, 9.17) is 0 Å². The highest BCUT2D eigenvalue weighted by Gasteiger charge is 2.25. The van der Waals surface area contributed by atoms with Crippen LogP contribution in [0.2, 0.25) is 0 Å². The minimum absolute atomic E-state index is 1.21. The second-order valence-corrected chi connectivity index (χ2v) is 16.3. The highest BCUT2D eigenvalue weighted by molar-refractivity contribution is 6.30. The minimum atomic E-state index is 1.21. The van der Waals surface area contributed by atoms with Gasteiger partial charge in [0.1, 0.15) is 0 Å². The Morgan fingerprint density at radius 2 is 0.689 bits per heavy atom. The molecule has 1 nitrogen and oxygen atoms in total. The normalized spacial score (nSPS) is 11.9. The zero-order valence-corrected chi connectivity index (χ0v) is 33.3. The molecule has 0 aliphatic heterocycles. The lowest BCUT2D eigenvalue weighted by Gasteiger charge is -2.23. The third-order valence-electron chi connectivity index (χ3n) is 13.1. The molecule has 1 heterocycles. The van der Waals surface area contributed by atoms with Crippen molar-refractivity contribution >= 4 is 86.4 Å². The van der Waals surface area contributed by atoms with Gasteiger partial charge in [0.25, 0.3) is 0 Å². The molecular formula is C60H37N. The summed E-state index contributed by atoms with van der Waals surface area (Å²) in [4.78, 5) is 0. The Hall–Kier alpha value is -8.00. The van der Waals surface area contributed by atoms with E-state index in [1.54, 1.807) is 0 Å². The average Bonchev–Trinajstić information content (AvgIpc) is 3.65. The van der Waals surface area contributed by atoms with Gasteiger partial charge in [-0.05, 0) is 100 Å². The molecule has 0 spiro atoms. The van der Waals surface area contributed by atoms with Crippen molar-refractivity contribution < 1.29 is 0 Å². The molecule has 1 aromatic heterocycles. The minimum Gasteiger partial charge on any atom is -0.307 e. The molecule has 0 atom stereocenters. The molecule has 0 amide bonds.